The number of carbonyl (C=O) groups excluding carboxylic acids is 1. The van der Waals surface area contributed by atoms with Crippen LogP contribution in [-0.4, -0.2) is 17.0 Å². The lowest BCUT2D eigenvalue weighted by molar-refractivity contribution is -0.134. The number of carboxylic acids is 1. The van der Waals surface area contributed by atoms with Gasteiger partial charge in [-0.2, -0.15) is 0 Å². The lowest BCUT2D eigenvalue weighted by Gasteiger charge is -2.03. The first-order valence-corrected chi connectivity index (χ1v) is 5.26. The van der Waals surface area contributed by atoms with E-state index in [1.807, 2.05) is 6.07 Å². The molecule has 0 aliphatic carbocycles. The summed E-state index contributed by atoms with van der Waals surface area (Å²) in [5, 5.41) is 11.1. The monoisotopic (exact) mass is 283 g/mol. The summed E-state index contributed by atoms with van der Waals surface area (Å²) in [6.45, 7) is 1.26. The number of aliphatic carboxylic acids is 1. The van der Waals surface area contributed by atoms with Gasteiger partial charge in [-0.1, -0.05) is 28.1 Å². The molecular weight excluding hydrogens is 274 g/mol. The lowest BCUT2D eigenvalue weighted by atomic mass is 10.2. The molecule has 0 aliphatic heterocycles. The number of carbonyl (C=O) groups is 2. The van der Waals surface area contributed by atoms with Gasteiger partial charge in [-0.15, -0.1) is 0 Å². The minimum atomic E-state index is -1.17. The van der Waals surface area contributed by atoms with E-state index in [0.717, 1.165) is 4.47 Å². The van der Waals surface area contributed by atoms with Crippen LogP contribution in [0.1, 0.15) is 12.5 Å². The van der Waals surface area contributed by atoms with Gasteiger partial charge < -0.3 is 10.4 Å². The fourth-order valence-corrected chi connectivity index (χ4v) is 1.52. The van der Waals surface area contributed by atoms with Crippen LogP contribution in [0.2, 0.25) is 0 Å². The Bertz CT molecular complexity index is 454. The second-order valence-electron chi connectivity index (χ2n) is 3.10. The average Bonchev–Trinajstić information content (AvgIpc) is 2.15. The van der Waals surface area contributed by atoms with Gasteiger partial charge in [0.05, 0.1) is 0 Å². The number of benzene rings is 1. The van der Waals surface area contributed by atoms with Crippen molar-refractivity contribution in [2.75, 3.05) is 0 Å². The molecule has 0 atom stereocenters. The van der Waals surface area contributed by atoms with Crippen molar-refractivity contribution in [3.63, 3.8) is 0 Å². The van der Waals surface area contributed by atoms with Crippen molar-refractivity contribution >= 4 is 33.9 Å². The fourth-order valence-electron chi connectivity index (χ4n) is 1.10. The van der Waals surface area contributed by atoms with Crippen LogP contribution in [0.25, 0.3) is 6.08 Å². The maximum atomic E-state index is 10.8. The van der Waals surface area contributed by atoms with Gasteiger partial charge in [0.2, 0.25) is 5.91 Å². The fraction of sp³-hybridized carbons (Fsp3) is 0.0909. The Balaban J connectivity index is 3.02. The van der Waals surface area contributed by atoms with E-state index in [-0.39, 0.29) is 5.70 Å². The molecule has 0 heterocycles. The molecular formula is C11H10BrNO3. The highest BCUT2D eigenvalue weighted by molar-refractivity contribution is 9.10. The van der Waals surface area contributed by atoms with Gasteiger partial charge in [0.15, 0.2) is 0 Å². The number of hydrogen-bond acceptors (Lipinski definition) is 2. The number of hydrogen-bond donors (Lipinski definition) is 2. The van der Waals surface area contributed by atoms with Gasteiger partial charge in [-0.05, 0) is 23.8 Å². The van der Waals surface area contributed by atoms with Gasteiger partial charge in [0.25, 0.3) is 0 Å². The molecule has 0 fully saturated rings. The molecule has 1 aromatic carbocycles. The Labute approximate surface area is 101 Å². The van der Waals surface area contributed by atoms with Crippen LogP contribution in [0.3, 0.4) is 0 Å². The van der Waals surface area contributed by atoms with Crippen LogP contribution in [-0.2, 0) is 9.59 Å². The molecule has 4 nitrogen and oxygen atoms in total. The third-order valence-corrected chi connectivity index (χ3v) is 2.19. The van der Waals surface area contributed by atoms with Crippen LogP contribution in [0.5, 0.6) is 0 Å². The number of carboxylic acid groups (broad SMARTS) is 1. The first kappa shape index (κ1) is 12.4. The molecule has 0 bridgehead atoms. The molecule has 0 aliphatic rings. The van der Waals surface area contributed by atoms with Gasteiger partial charge in [0, 0.05) is 11.4 Å². The molecule has 1 aromatic rings. The summed E-state index contributed by atoms with van der Waals surface area (Å²) in [6, 6.07) is 7.11. The van der Waals surface area contributed by atoms with Crippen LogP contribution in [0.15, 0.2) is 34.4 Å². The minimum absolute atomic E-state index is 0.148. The molecule has 0 saturated carbocycles. The standard InChI is InChI=1S/C11H10BrNO3/c1-7(14)13-10(11(15)16)6-8-3-2-4-9(12)5-8/h2-6H,1H3,(H,13,14)(H,15,16)/b10-6+. The van der Waals surface area contributed by atoms with Crippen molar-refractivity contribution in [2.45, 2.75) is 6.92 Å². The van der Waals surface area contributed by atoms with Crippen molar-refractivity contribution in [3.05, 3.63) is 40.0 Å². The Kier molecular flexibility index (Phi) is 4.25. The zero-order valence-electron chi connectivity index (χ0n) is 8.53. The van der Waals surface area contributed by atoms with E-state index in [1.54, 1.807) is 18.2 Å². The first-order valence-electron chi connectivity index (χ1n) is 4.47. The third-order valence-electron chi connectivity index (χ3n) is 1.70. The van der Waals surface area contributed by atoms with Crippen molar-refractivity contribution < 1.29 is 14.7 Å². The van der Waals surface area contributed by atoms with Crippen LogP contribution in [0.4, 0.5) is 0 Å². The molecule has 1 amide bonds. The molecule has 84 valence electrons. The van der Waals surface area contributed by atoms with Crippen LogP contribution < -0.4 is 5.32 Å². The van der Waals surface area contributed by atoms with E-state index in [1.165, 1.54) is 13.0 Å². The molecule has 1 rings (SSSR count). The zero-order chi connectivity index (χ0) is 12.1. The largest absolute Gasteiger partial charge is 0.477 e. The highest BCUT2D eigenvalue weighted by atomic mass is 79.9. The van der Waals surface area contributed by atoms with Crippen LogP contribution in [0, 0.1) is 0 Å². The van der Waals surface area contributed by atoms with E-state index >= 15 is 0 Å². The minimum Gasteiger partial charge on any atom is -0.477 e. The summed E-state index contributed by atoms with van der Waals surface area (Å²) in [5.41, 5.74) is 0.547. The third kappa shape index (κ3) is 3.86. The smallest absolute Gasteiger partial charge is 0.352 e. The van der Waals surface area contributed by atoms with Gasteiger partial charge in [-0.3, -0.25) is 4.79 Å². The molecule has 2 N–H and O–H groups in total. The maximum absolute atomic E-state index is 10.8. The molecule has 0 aromatic heterocycles. The van der Waals surface area contributed by atoms with E-state index in [2.05, 4.69) is 21.2 Å². The maximum Gasteiger partial charge on any atom is 0.352 e. The van der Waals surface area contributed by atoms with Gasteiger partial charge in [-0.25, -0.2) is 4.79 Å². The molecule has 5 heteroatoms. The summed E-state index contributed by atoms with van der Waals surface area (Å²) in [4.78, 5) is 21.6. The predicted octanol–water partition coefficient (Wildman–Crippen LogP) is 2.01. The van der Waals surface area contributed by atoms with Crippen molar-refractivity contribution in [1.82, 2.24) is 5.32 Å². The van der Waals surface area contributed by atoms with E-state index < -0.39 is 11.9 Å². The van der Waals surface area contributed by atoms with Gasteiger partial charge >= 0.3 is 5.97 Å². The summed E-state index contributed by atoms with van der Waals surface area (Å²) >= 11 is 3.28. The average molecular weight is 284 g/mol. The van der Waals surface area contributed by atoms with E-state index in [4.69, 9.17) is 5.11 Å². The highest BCUT2D eigenvalue weighted by Crippen LogP contribution is 2.13. The molecule has 0 radical (unpaired) electrons. The Morgan fingerprint density at radius 3 is 2.62 bits per heavy atom. The number of halogens is 1. The van der Waals surface area contributed by atoms with Crippen molar-refractivity contribution in [1.29, 1.82) is 0 Å². The normalized spacial score (nSPS) is 11.0. The lowest BCUT2D eigenvalue weighted by Crippen LogP contribution is -2.24. The Hall–Kier alpha value is -1.62. The second-order valence-corrected chi connectivity index (χ2v) is 4.02. The molecule has 16 heavy (non-hydrogen) atoms. The van der Waals surface area contributed by atoms with Crippen molar-refractivity contribution in [2.24, 2.45) is 0 Å². The first-order chi connectivity index (χ1) is 7.49. The zero-order valence-corrected chi connectivity index (χ0v) is 10.1. The quantitative estimate of drug-likeness (QED) is 0.834. The Morgan fingerprint density at radius 2 is 2.12 bits per heavy atom. The number of amides is 1. The van der Waals surface area contributed by atoms with E-state index in [0.29, 0.717) is 5.56 Å². The van der Waals surface area contributed by atoms with Crippen molar-refractivity contribution in [3.8, 4) is 0 Å². The summed E-state index contributed by atoms with van der Waals surface area (Å²) in [5.74, 6) is -1.58. The predicted molar refractivity (Wildman–Crippen MR) is 63.6 cm³/mol. The summed E-state index contributed by atoms with van der Waals surface area (Å²) in [6.07, 6.45) is 1.40. The second kappa shape index (κ2) is 5.46. The SMILES string of the molecule is CC(=O)N/C(=C/c1cccc(Br)c1)C(=O)O. The molecule has 0 unspecified atom stereocenters. The van der Waals surface area contributed by atoms with Crippen LogP contribution >= 0.6 is 15.9 Å². The molecule has 0 spiro atoms. The van der Waals surface area contributed by atoms with Gasteiger partial charge in [0.1, 0.15) is 5.70 Å². The topological polar surface area (TPSA) is 66.4 Å². The molecule has 0 saturated heterocycles. The number of nitrogens with one attached hydrogen (secondary N) is 1. The summed E-state index contributed by atoms with van der Waals surface area (Å²) in [7, 11) is 0. The summed E-state index contributed by atoms with van der Waals surface area (Å²) < 4.78 is 0.841. The number of rotatable bonds is 3. The Morgan fingerprint density at radius 1 is 1.44 bits per heavy atom. The van der Waals surface area contributed by atoms with E-state index in [9.17, 15) is 9.59 Å². The highest BCUT2D eigenvalue weighted by Gasteiger charge is 2.08.